The number of rotatable bonds is 9. The van der Waals surface area contributed by atoms with Crippen LogP contribution in [0.5, 0.6) is 11.5 Å². The predicted molar refractivity (Wildman–Crippen MR) is 167 cm³/mol. The van der Waals surface area contributed by atoms with Crippen molar-refractivity contribution in [3.63, 3.8) is 0 Å². The van der Waals surface area contributed by atoms with Gasteiger partial charge in [-0.15, -0.1) is 0 Å². The molecule has 0 aliphatic carbocycles. The molecule has 0 aliphatic heterocycles. The van der Waals surface area contributed by atoms with Crippen molar-refractivity contribution in [2.24, 2.45) is 0 Å². The quantitative estimate of drug-likeness (QED) is 0.131. The molecule has 41 heavy (non-hydrogen) atoms. The zero-order valence-electron chi connectivity index (χ0n) is 21.8. The second kappa shape index (κ2) is 13.2. The van der Waals surface area contributed by atoms with E-state index in [1.54, 1.807) is 42.5 Å². The van der Waals surface area contributed by atoms with Crippen LogP contribution in [-0.4, -0.2) is 5.91 Å². The van der Waals surface area contributed by atoms with Crippen LogP contribution < -0.4 is 14.8 Å². The minimum Gasteiger partial charge on any atom is -0.489 e. The number of amides is 1. The minimum atomic E-state index is -0.525. The maximum absolute atomic E-state index is 12.8. The van der Waals surface area contributed by atoms with Crippen molar-refractivity contribution in [1.82, 2.24) is 0 Å². The Hall–Kier alpha value is -4.57. The van der Waals surface area contributed by atoms with Crippen LogP contribution >= 0.6 is 27.5 Å². The van der Waals surface area contributed by atoms with E-state index in [0.717, 1.165) is 26.4 Å². The topological polar surface area (TPSA) is 71.3 Å². The molecular formula is C34H24BrClN2O3. The Balaban J connectivity index is 1.20. The molecule has 0 aliphatic rings. The van der Waals surface area contributed by atoms with E-state index in [9.17, 15) is 10.1 Å². The molecule has 0 saturated heterocycles. The number of hydrogen-bond acceptors (Lipinski definition) is 4. The van der Waals surface area contributed by atoms with Crippen LogP contribution in [-0.2, 0) is 18.0 Å². The molecule has 1 N–H and O–H groups in total. The van der Waals surface area contributed by atoms with Gasteiger partial charge in [0.2, 0.25) is 0 Å². The highest BCUT2D eigenvalue weighted by atomic mass is 79.9. The lowest BCUT2D eigenvalue weighted by atomic mass is 10.1. The van der Waals surface area contributed by atoms with Crippen molar-refractivity contribution < 1.29 is 14.3 Å². The van der Waals surface area contributed by atoms with Crippen molar-refractivity contribution in [2.45, 2.75) is 13.2 Å². The van der Waals surface area contributed by atoms with E-state index in [0.29, 0.717) is 41.0 Å². The fraction of sp³-hybridized carbons (Fsp3) is 0.0588. The second-order valence-corrected chi connectivity index (χ2v) is 10.5. The first-order chi connectivity index (χ1) is 20.0. The minimum absolute atomic E-state index is 0.0546. The zero-order valence-corrected chi connectivity index (χ0v) is 24.2. The summed E-state index contributed by atoms with van der Waals surface area (Å²) >= 11 is 9.90. The first-order valence-corrected chi connectivity index (χ1v) is 13.9. The molecule has 5 rings (SSSR count). The molecular weight excluding hydrogens is 600 g/mol. The lowest BCUT2D eigenvalue weighted by molar-refractivity contribution is -0.112. The molecule has 202 valence electrons. The van der Waals surface area contributed by atoms with Gasteiger partial charge in [0, 0.05) is 10.2 Å². The van der Waals surface area contributed by atoms with E-state index >= 15 is 0 Å². The third-order valence-corrected chi connectivity index (χ3v) is 7.15. The van der Waals surface area contributed by atoms with Crippen LogP contribution in [0, 0.1) is 11.3 Å². The molecule has 0 radical (unpaired) electrons. The SMILES string of the molecule is N#C/C(=C\c1ccc(OCc2cccc3ccccc23)c(Cl)c1)C(=O)Nc1ccc(OCc2ccc(Br)cc2)cc1. The van der Waals surface area contributed by atoms with Gasteiger partial charge in [0.25, 0.3) is 5.91 Å². The van der Waals surface area contributed by atoms with Gasteiger partial charge in [0.15, 0.2) is 0 Å². The molecule has 5 aromatic rings. The van der Waals surface area contributed by atoms with E-state index in [-0.39, 0.29) is 5.57 Å². The molecule has 0 heterocycles. The maximum Gasteiger partial charge on any atom is 0.266 e. The Bertz CT molecular complexity index is 1760. The average Bonchev–Trinajstić information content (AvgIpc) is 3.00. The predicted octanol–water partition coefficient (Wildman–Crippen LogP) is 8.96. The number of nitriles is 1. The summed E-state index contributed by atoms with van der Waals surface area (Å²) in [6, 6.07) is 36.2. The second-order valence-electron chi connectivity index (χ2n) is 9.18. The molecule has 7 heteroatoms. The molecule has 0 fully saturated rings. The number of halogens is 2. The third kappa shape index (κ3) is 7.34. The third-order valence-electron chi connectivity index (χ3n) is 6.33. The van der Waals surface area contributed by atoms with E-state index < -0.39 is 5.91 Å². The summed E-state index contributed by atoms with van der Waals surface area (Å²) in [5.74, 6) is 0.657. The average molecular weight is 624 g/mol. The number of hydrogen-bond donors (Lipinski definition) is 1. The first-order valence-electron chi connectivity index (χ1n) is 12.8. The lowest BCUT2D eigenvalue weighted by Gasteiger charge is -2.11. The summed E-state index contributed by atoms with van der Waals surface area (Å²) in [4.78, 5) is 12.8. The number of anilines is 1. The number of nitrogens with zero attached hydrogens (tertiary/aromatic N) is 1. The van der Waals surface area contributed by atoms with Crippen molar-refractivity contribution in [2.75, 3.05) is 5.32 Å². The largest absolute Gasteiger partial charge is 0.489 e. The Morgan fingerprint density at radius 1 is 0.878 bits per heavy atom. The van der Waals surface area contributed by atoms with Crippen LogP contribution in [0.4, 0.5) is 5.69 Å². The van der Waals surface area contributed by atoms with Crippen molar-refractivity contribution in [3.8, 4) is 17.6 Å². The van der Waals surface area contributed by atoms with Gasteiger partial charge >= 0.3 is 0 Å². The van der Waals surface area contributed by atoms with Crippen LogP contribution in [0.2, 0.25) is 5.02 Å². The number of nitrogens with one attached hydrogen (secondary N) is 1. The lowest BCUT2D eigenvalue weighted by Crippen LogP contribution is -2.13. The number of carbonyl (C=O) groups excluding carboxylic acids is 1. The van der Waals surface area contributed by atoms with Gasteiger partial charge in [-0.25, -0.2) is 0 Å². The normalized spacial score (nSPS) is 11.1. The van der Waals surface area contributed by atoms with Gasteiger partial charge in [0.05, 0.1) is 5.02 Å². The number of ether oxygens (including phenoxy) is 2. The Kier molecular flexibility index (Phi) is 9.00. The van der Waals surface area contributed by atoms with Crippen LogP contribution in [0.25, 0.3) is 16.8 Å². The molecule has 0 bridgehead atoms. The van der Waals surface area contributed by atoms with Crippen LogP contribution in [0.1, 0.15) is 16.7 Å². The standard InChI is InChI=1S/C34H24BrClN2O3/c35-28-11-8-23(9-12-28)21-40-30-15-13-29(14-16-30)38-34(39)27(20-37)18-24-10-17-33(32(36)19-24)41-22-26-6-3-5-25-4-1-2-7-31(25)26/h1-19H,21-22H2,(H,38,39)/b27-18+. The molecule has 0 saturated carbocycles. The van der Waals surface area contributed by atoms with Gasteiger partial charge in [0.1, 0.15) is 36.4 Å². The Morgan fingerprint density at radius 2 is 1.63 bits per heavy atom. The summed E-state index contributed by atoms with van der Waals surface area (Å²) < 4.78 is 12.8. The smallest absolute Gasteiger partial charge is 0.266 e. The van der Waals surface area contributed by atoms with Crippen molar-refractivity contribution in [3.05, 3.63) is 141 Å². The fourth-order valence-corrected chi connectivity index (χ4v) is 4.70. The molecule has 0 atom stereocenters. The number of carbonyl (C=O) groups is 1. The van der Waals surface area contributed by atoms with Gasteiger partial charge in [-0.3, -0.25) is 4.79 Å². The molecule has 0 spiro atoms. The molecule has 5 nitrogen and oxygen atoms in total. The number of benzene rings is 5. The summed E-state index contributed by atoms with van der Waals surface area (Å²) in [5, 5.41) is 15.0. The van der Waals surface area contributed by atoms with Crippen LogP contribution in [0.15, 0.2) is 119 Å². The van der Waals surface area contributed by atoms with E-state index in [1.165, 1.54) is 6.08 Å². The Labute approximate surface area is 251 Å². The van der Waals surface area contributed by atoms with E-state index in [4.69, 9.17) is 21.1 Å². The maximum atomic E-state index is 12.8. The van der Waals surface area contributed by atoms with Crippen LogP contribution in [0.3, 0.4) is 0 Å². The Morgan fingerprint density at radius 3 is 2.39 bits per heavy atom. The highest BCUT2D eigenvalue weighted by Crippen LogP contribution is 2.29. The monoisotopic (exact) mass is 622 g/mol. The summed E-state index contributed by atoms with van der Waals surface area (Å²) in [6.07, 6.45) is 1.49. The summed E-state index contributed by atoms with van der Waals surface area (Å²) in [7, 11) is 0. The van der Waals surface area contributed by atoms with Crippen molar-refractivity contribution in [1.29, 1.82) is 5.26 Å². The highest BCUT2D eigenvalue weighted by molar-refractivity contribution is 9.10. The van der Waals surface area contributed by atoms with Crippen molar-refractivity contribution >= 4 is 56.0 Å². The summed E-state index contributed by atoms with van der Waals surface area (Å²) in [5.41, 5.74) is 3.19. The van der Waals surface area contributed by atoms with Gasteiger partial charge in [-0.05, 0) is 82.1 Å². The molecule has 0 aromatic heterocycles. The van der Waals surface area contributed by atoms with E-state index in [2.05, 4.69) is 39.4 Å². The fourth-order valence-electron chi connectivity index (χ4n) is 4.19. The first kappa shape index (κ1) is 28.0. The van der Waals surface area contributed by atoms with Gasteiger partial charge in [-0.1, -0.05) is 88.2 Å². The number of fused-ring (bicyclic) bond motifs is 1. The highest BCUT2D eigenvalue weighted by Gasteiger charge is 2.11. The van der Waals surface area contributed by atoms with Gasteiger partial charge < -0.3 is 14.8 Å². The molecule has 5 aromatic carbocycles. The summed E-state index contributed by atoms with van der Waals surface area (Å²) in [6.45, 7) is 0.784. The zero-order chi connectivity index (χ0) is 28.6. The molecule has 0 unspecified atom stereocenters. The van der Waals surface area contributed by atoms with E-state index in [1.807, 2.05) is 54.6 Å². The van der Waals surface area contributed by atoms with Gasteiger partial charge in [-0.2, -0.15) is 5.26 Å². The molecule has 1 amide bonds.